The van der Waals surface area contributed by atoms with E-state index in [1.54, 1.807) is 9.58 Å². The van der Waals surface area contributed by atoms with Crippen LogP contribution >= 0.6 is 0 Å². The summed E-state index contributed by atoms with van der Waals surface area (Å²) in [5.41, 5.74) is 4.05. The molecule has 1 aromatic heterocycles. The average molecular weight is 405 g/mol. The number of morpholine rings is 1. The lowest BCUT2D eigenvalue weighted by Gasteiger charge is -2.36. The molecular formula is C22H23N5O3. The van der Waals surface area contributed by atoms with E-state index in [2.05, 4.69) is 22.4 Å². The summed E-state index contributed by atoms with van der Waals surface area (Å²) in [6.07, 6.45) is 0.219. The lowest BCUT2D eigenvalue weighted by molar-refractivity contribution is -0.155. The van der Waals surface area contributed by atoms with E-state index in [0.717, 1.165) is 17.5 Å². The fourth-order valence-corrected chi connectivity index (χ4v) is 4.17. The van der Waals surface area contributed by atoms with Crippen LogP contribution in [0.4, 0.5) is 0 Å². The zero-order valence-electron chi connectivity index (χ0n) is 16.6. The first-order chi connectivity index (χ1) is 14.7. The Kier molecular flexibility index (Phi) is 4.92. The van der Waals surface area contributed by atoms with Gasteiger partial charge in [-0.2, -0.15) is 0 Å². The summed E-state index contributed by atoms with van der Waals surface area (Å²) < 4.78 is 7.35. The molecule has 30 heavy (non-hydrogen) atoms. The van der Waals surface area contributed by atoms with Gasteiger partial charge >= 0.3 is 0 Å². The highest BCUT2D eigenvalue weighted by Gasteiger charge is 2.33. The maximum atomic E-state index is 13.1. The molecule has 5 rings (SSSR count). The summed E-state index contributed by atoms with van der Waals surface area (Å²) in [6, 6.07) is 15.7. The second kappa shape index (κ2) is 7.87. The Hall–Kier alpha value is -3.26. The van der Waals surface area contributed by atoms with Crippen LogP contribution in [0.3, 0.4) is 0 Å². The van der Waals surface area contributed by atoms with Gasteiger partial charge < -0.3 is 14.5 Å². The van der Waals surface area contributed by atoms with Gasteiger partial charge in [-0.05, 0) is 29.7 Å². The van der Waals surface area contributed by atoms with Crippen molar-refractivity contribution in [3.05, 3.63) is 59.7 Å². The molecule has 3 aromatic rings. The van der Waals surface area contributed by atoms with Gasteiger partial charge in [0, 0.05) is 19.6 Å². The van der Waals surface area contributed by atoms with Crippen molar-refractivity contribution < 1.29 is 14.3 Å². The van der Waals surface area contributed by atoms with E-state index >= 15 is 0 Å². The minimum Gasteiger partial charge on any atom is -0.365 e. The normalized spacial score (nSPS) is 19.0. The maximum absolute atomic E-state index is 13.1. The van der Waals surface area contributed by atoms with E-state index in [1.807, 2.05) is 41.3 Å². The molecule has 0 saturated carbocycles. The van der Waals surface area contributed by atoms with Crippen molar-refractivity contribution >= 4 is 22.8 Å². The van der Waals surface area contributed by atoms with Gasteiger partial charge in [-0.25, -0.2) is 4.68 Å². The Morgan fingerprint density at radius 3 is 2.70 bits per heavy atom. The third-order valence-corrected chi connectivity index (χ3v) is 5.84. The van der Waals surface area contributed by atoms with Crippen LogP contribution in [0.25, 0.3) is 11.0 Å². The minimum absolute atomic E-state index is 0.0480. The monoisotopic (exact) mass is 405 g/mol. The van der Waals surface area contributed by atoms with Crippen LogP contribution in [0.2, 0.25) is 0 Å². The molecular weight excluding hydrogens is 382 g/mol. The lowest BCUT2D eigenvalue weighted by atomic mass is 9.99. The van der Waals surface area contributed by atoms with Gasteiger partial charge in [-0.1, -0.05) is 41.6 Å². The average Bonchev–Trinajstić information content (AvgIpc) is 3.21. The molecule has 2 aromatic carbocycles. The molecule has 0 aliphatic carbocycles. The summed E-state index contributed by atoms with van der Waals surface area (Å²) >= 11 is 0. The number of nitrogens with zero attached hydrogens (tertiary/aromatic N) is 5. The molecule has 1 fully saturated rings. The second-order valence-electron chi connectivity index (χ2n) is 7.71. The first kappa shape index (κ1) is 18.7. The molecule has 0 radical (unpaired) electrons. The van der Waals surface area contributed by atoms with Crippen molar-refractivity contribution in [2.75, 3.05) is 26.2 Å². The van der Waals surface area contributed by atoms with Gasteiger partial charge in [0.05, 0.1) is 18.7 Å². The number of benzene rings is 2. The summed E-state index contributed by atoms with van der Waals surface area (Å²) in [6.45, 7) is 2.45. The summed E-state index contributed by atoms with van der Waals surface area (Å²) in [5.74, 6) is -0.135. The Morgan fingerprint density at radius 2 is 1.80 bits per heavy atom. The summed E-state index contributed by atoms with van der Waals surface area (Å²) in [7, 11) is 0. The third-order valence-electron chi connectivity index (χ3n) is 5.84. The predicted octanol–water partition coefficient (Wildman–Crippen LogP) is 1.24. The SMILES string of the molecule is O=C(Cn1nnc2ccccc21)N1CCOC(C(=O)N2CCc3ccccc3C2)C1. The van der Waals surface area contributed by atoms with Crippen molar-refractivity contribution in [3.8, 4) is 0 Å². The topological polar surface area (TPSA) is 80.6 Å². The van der Waals surface area contributed by atoms with Crippen LogP contribution in [0, 0.1) is 0 Å². The zero-order valence-corrected chi connectivity index (χ0v) is 16.6. The van der Waals surface area contributed by atoms with Crippen LogP contribution in [0.1, 0.15) is 11.1 Å². The van der Waals surface area contributed by atoms with Crippen LogP contribution in [0.15, 0.2) is 48.5 Å². The molecule has 0 N–H and O–H groups in total. The van der Waals surface area contributed by atoms with E-state index < -0.39 is 6.10 Å². The predicted molar refractivity (Wildman–Crippen MR) is 109 cm³/mol. The number of carbonyl (C=O) groups is 2. The van der Waals surface area contributed by atoms with Gasteiger partial charge in [0.25, 0.3) is 5.91 Å². The highest BCUT2D eigenvalue weighted by atomic mass is 16.5. The molecule has 8 nitrogen and oxygen atoms in total. The highest BCUT2D eigenvalue weighted by molar-refractivity contribution is 5.84. The molecule has 2 amide bonds. The molecule has 0 spiro atoms. The number of hydrogen-bond acceptors (Lipinski definition) is 5. The smallest absolute Gasteiger partial charge is 0.253 e. The van der Waals surface area contributed by atoms with Crippen molar-refractivity contribution in [1.82, 2.24) is 24.8 Å². The molecule has 2 aliphatic rings. The second-order valence-corrected chi connectivity index (χ2v) is 7.71. The molecule has 1 saturated heterocycles. The third kappa shape index (κ3) is 3.54. The Bertz CT molecular complexity index is 1100. The van der Waals surface area contributed by atoms with Crippen molar-refractivity contribution in [2.24, 2.45) is 0 Å². The van der Waals surface area contributed by atoms with E-state index in [1.165, 1.54) is 11.1 Å². The lowest BCUT2D eigenvalue weighted by Crippen LogP contribution is -2.53. The largest absolute Gasteiger partial charge is 0.365 e. The molecule has 154 valence electrons. The van der Waals surface area contributed by atoms with Crippen LogP contribution in [0.5, 0.6) is 0 Å². The van der Waals surface area contributed by atoms with E-state index in [0.29, 0.717) is 26.2 Å². The van der Waals surface area contributed by atoms with Gasteiger partial charge in [0.1, 0.15) is 12.1 Å². The van der Waals surface area contributed by atoms with Crippen LogP contribution < -0.4 is 0 Å². The number of ether oxygens (including phenoxy) is 1. The first-order valence-electron chi connectivity index (χ1n) is 10.2. The van der Waals surface area contributed by atoms with Gasteiger partial charge in [-0.15, -0.1) is 5.10 Å². The molecule has 2 aliphatic heterocycles. The van der Waals surface area contributed by atoms with Gasteiger partial charge in [-0.3, -0.25) is 9.59 Å². The first-order valence-corrected chi connectivity index (χ1v) is 10.2. The Labute approximate surface area is 174 Å². The van der Waals surface area contributed by atoms with E-state index in [4.69, 9.17) is 4.74 Å². The maximum Gasteiger partial charge on any atom is 0.253 e. The Balaban J connectivity index is 1.24. The van der Waals surface area contributed by atoms with E-state index in [9.17, 15) is 9.59 Å². The van der Waals surface area contributed by atoms with Gasteiger partial charge in [0.15, 0.2) is 6.10 Å². The van der Waals surface area contributed by atoms with Crippen molar-refractivity contribution in [2.45, 2.75) is 25.6 Å². The molecule has 8 heteroatoms. The van der Waals surface area contributed by atoms with Crippen LogP contribution in [-0.4, -0.2) is 69.0 Å². The van der Waals surface area contributed by atoms with Crippen molar-refractivity contribution in [3.63, 3.8) is 0 Å². The number of para-hydroxylation sites is 1. The molecule has 3 heterocycles. The highest BCUT2D eigenvalue weighted by Crippen LogP contribution is 2.20. The summed E-state index contributed by atoms with van der Waals surface area (Å²) in [4.78, 5) is 29.5. The number of amides is 2. The fourth-order valence-electron chi connectivity index (χ4n) is 4.17. The molecule has 1 atom stereocenters. The molecule has 0 bridgehead atoms. The number of carbonyl (C=O) groups excluding carboxylic acids is 2. The quantitative estimate of drug-likeness (QED) is 0.655. The minimum atomic E-state index is -0.625. The number of fused-ring (bicyclic) bond motifs is 2. The van der Waals surface area contributed by atoms with Crippen LogP contribution in [-0.2, 0) is 33.8 Å². The number of hydrogen-bond donors (Lipinski definition) is 0. The van der Waals surface area contributed by atoms with E-state index in [-0.39, 0.29) is 24.9 Å². The summed E-state index contributed by atoms with van der Waals surface area (Å²) in [5, 5.41) is 8.19. The zero-order chi connectivity index (χ0) is 20.5. The fraction of sp³-hybridized carbons (Fsp3) is 0.364. The Morgan fingerprint density at radius 1 is 1.00 bits per heavy atom. The van der Waals surface area contributed by atoms with Crippen molar-refractivity contribution in [1.29, 1.82) is 0 Å². The number of aromatic nitrogens is 3. The van der Waals surface area contributed by atoms with Gasteiger partial charge in [0.2, 0.25) is 5.91 Å². The molecule has 1 unspecified atom stereocenters. The number of rotatable bonds is 3. The standard InChI is InChI=1S/C22H23N5O3/c28-21(15-27-19-8-4-3-7-18(19)23-24-27)25-11-12-30-20(14-25)22(29)26-10-9-16-5-1-2-6-17(16)13-26/h1-8,20H,9-15H2.